The number of benzene rings is 1. The van der Waals surface area contributed by atoms with Crippen molar-refractivity contribution < 1.29 is 13.2 Å². The zero-order chi connectivity index (χ0) is 16.2. The van der Waals surface area contributed by atoms with Gasteiger partial charge in [0.2, 0.25) is 5.91 Å². The maximum absolute atomic E-state index is 12.4. The van der Waals surface area contributed by atoms with Crippen LogP contribution in [-0.4, -0.2) is 37.1 Å². The first kappa shape index (κ1) is 17.3. The second-order valence-electron chi connectivity index (χ2n) is 6.07. The first-order valence-corrected chi connectivity index (χ1v) is 10.4. The van der Waals surface area contributed by atoms with Gasteiger partial charge in [-0.3, -0.25) is 4.79 Å². The minimum atomic E-state index is -2.96. The van der Waals surface area contributed by atoms with E-state index in [1.54, 1.807) is 11.8 Å². The van der Waals surface area contributed by atoms with Crippen LogP contribution in [0.15, 0.2) is 30.3 Å². The topological polar surface area (TPSA) is 63.2 Å². The molecule has 0 saturated carbocycles. The molecule has 1 amide bonds. The van der Waals surface area contributed by atoms with Gasteiger partial charge in [0.25, 0.3) is 0 Å². The molecule has 1 aliphatic heterocycles. The summed E-state index contributed by atoms with van der Waals surface area (Å²) in [5.41, 5.74) is 1.19. The fourth-order valence-electron chi connectivity index (χ4n) is 2.52. The predicted molar refractivity (Wildman–Crippen MR) is 91.6 cm³/mol. The Morgan fingerprint density at radius 1 is 1.32 bits per heavy atom. The molecule has 0 aliphatic carbocycles. The van der Waals surface area contributed by atoms with E-state index in [-0.39, 0.29) is 34.6 Å². The molecule has 1 fully saturated rings. The fraction of sp³-hybridized carbons (Fsp3) is 0.562. The summed E-state index contributed by atoms with van der Waals surface area (Å²) in [5.74, 6) is 1.19. The Morgan fingerprint density at radius 2 is 2.00 bits per heavy atom. The second-order valence-corrected chi connectivity index (χ2v) is 9.43. The van der Waals surface area contributed by atoms with E-state index in [1.165, 1.54) is 5.56 Å². The summed E-state index contributed by atoms with van der Waals surface area (Å²) < 4.78 is 23.0. The highest BCUT2D eigenvalue weighted by Gasteiger charge is 2.31. The van der Waals surface area contributed by atoms with Gasteiger partial charge in [0.05, 0.1) is 16.8 Å². The van der Waals surface area contributed by atoms with Crippen LogP contribution in [0, 0.1) is 5.92 Å². The maximum atomic E-state index is 12.4. The van der Waals surface area contributed by atoms with Crippen molar-refractivity contribution in [1.82, 2.24) is 5.32 Å². The average Bonchev–Trinajstić information content (AvgIpc) is 2.79. The van der Waals surface area contributed by atoms with Gasteiger partial charge in [-0.15, -0.1) is 11.8 Å². The van der Waals surface area contributed by atoms with E-state index in [2.05, 4.69) is 5.32 Å². The van der Waals surface area contributed by atoms with Gasteiger partial charge in [-0.25, -0.2) is 8.42 Å². The standard InChI is InChI=1S/C16H23NO3S2/c1-12(2)15(21-10-13-6-4-3-5-7-13)16(18)17-14-8-9-22(19,20)11-14/h3-7,12,14-15H,8-11H2,1-2H3,(H,17,18). The number of carbonyl (C=O) groups excluding carboxylic acids is 1. The molecule has 1 aromatic rings. The summed E-state index contributed by atoms with van der Waals surface area (Å²) in [4.78, 5) is 12.4. The maximum Gasteiger partial charge on any atom is 0.233 e. The zero-order valence-electron chi connectivity index (χ0n) is 13.0. The third-order valence-corrected chi connectivity index (χ3v) is 7.10. The zero-order valence-corrected chi connectivity index (χ0v) is 14.6. The highest BCUT2D eigenvalue weighted by Crippen LogP contribution is 2.24. The molecule has 0 bridgehead atoms. The molecule has 2 atom stereocenters. The molecule has 0 radical (unpaired) electrons. The molecule has 1 heterocycles. The predicted octanol–water partition coefficient (Wildman–Crippen LogP) is 2.25. The van der Waals surface area contributed by atoms with Gasteiger partial charge in [-0.2, -0.15) is 0 Å². The number of thioether (sulfide) groups is 1. The van der Waals surface area contributed by atoms with Crippen LogP contribution < -0.4 is 5.32 Å². The van der Waals surface area contributed by atoms with Gasteiger partial charge >= 0.3 is 0 Å². The van der Waals surface area contributed by atoms with Gasteiger partial charge in [0.15, 0.2) is 9.84 Å². The van der Waals surface area contributed by atoms with Gasteiger partial charge in [-0.1, -0.05) is 44.2 Å². The summed E-state index contributed by atoms with van der Waals surface area (Å²) in [6.45, 7) is 4.04. The second kappa shape index (κ2) is 7.51. The van der Waals surface area contributed by atoms with Crippen LogP contribution in [0.25, 0.3) is 0 Å². The largest absolute Gasteiger partial charge is 0.351 e. The number of rotatable bonds is 6. The summed E-state index contributed by atoms with van der Waals surface area (Å²) in [5, 5.41) is 2.75. The normalized spacial score (nSPS) is 21.7. The van der Waals surface area contributed by atoms with E-state index in [9.17, 15) is 13.2 Å². The third kappa shape index (κ3) is 5.02. The Morgan fingerprint density at radius 3 is 2.55 bits per heavy atom. The molecule has 4 nitrogen and oxygen atoms in total. The smallest absolute Gasteiger partial charge is 0.233 e. The number of hydrogen-bond donors (Lipinski definition) is 1. The number of sulfone groups is 1. The highest BCUT2D eigenvalue weighted by atomic mass is 32.2. The highest BCUT2D eigenvalue weighted by molar-refractivity contribution is 7.99. The van der Waals surface area contributed by atoms with Gasteiger partial charge in [0.1, 0.15) is 0 Å². The van der Waals surface area contributed by atoms with Crippen molar-refractivity contribution in [3.63, 3.8) is 0 Å². The lowest BCUT2D eigenvalue weighted by Crippen LogP contribution is -2.42. The Kier molecular flexibility index (Phi) is 5.92. The summed E-state index contributed by atoms with van der Waals surface area (Å²) in [6, 6.07) is 9.82. The number of amides is 1. The van der Waals surface area contributed by atoms with E-state index >= 15 is 0 Å². The quantitative estimate of drug-likeness (QED) is 0.862. The summed E-state index contributed by atoms with van der Waals surface area (Å²) in [6.07, 6.45) is 0.530. The van der Waals surface area contributed by atoms with Crippen LogP contribution in [0.4, 0.5) is 0 Å². The Balaban J connectivity index is 1.91. The van der Waals surface area contributed by atoms with Crippen molar-refractivity contribution in [3.8, 4) is 0 Å². The van der Waals surface area contributed by atoms with Crippen molar-refractivity contribution >= 4 is 27.5 Å². The molecule has 122 valence electrons. The number of hydrogen-bond acceptors (Lipinski definition) is 4. The van der Waals surface area contributed by atoms with Crippen LogP contribution in [0.1, 0.15) is 25.8 Å². The average molecular weight is 341 g/mol. The molecule has 2 unspecified atom stereocenters. The van der Waals surface area contributed by atoms with E-state index in [0.717, 1.165) is 5.75 Å². The van der Waals surface area contributed by atoms with Gasteiger partial charge < -0.3 is 5.32 Å². The van der Waals surface area contributed by atoms with Crippen molar-refractivity contribution in [2.75, 3.05) is 11.5 Å². The number of nitrogens with one attached hydrogen (secondary N) is 1. The lowest BCUT2D eigenvalue weighted by Gasteiger charge is -2.22. The summed E-state index contributed by atoms with van der Waals surface area (Å²) >= 11 is 1.61. The summed E-state index contributed by atoms with van der Waals surface area (Å²) in [7, 11) is -2.96. The SMILES string of the molecule is CC(C)C(SCc1ccccc1)C(=O)NC1CCS(=O)(=O)C1. The van der Waals surface area contributed by atoms with Crippen molar-refractivity contribution in [2.24, 2.45) is 5.92 Å². The van der Waals surface area contributed by atoms with E-state index in [1.807, 2.05) is 44.2 Å². The van der Waals surface area contributed by atoms with Crippen LogP contribution in [0.3, 0.4) is 0 Å². The van der Waals surface area contributed by atoms with Crippen molar-refractivity contribution in [3.05, 3.63) is 35.9 Å². The fourth-order valence-corrected chi connectivity index (χ4v) is 5.37. The third-order valence-electron chi connectivity index (χ3n) is 3.72. The molecule has 6 heteroatoms. The van der Waals surface area contributed by atoms with Crippen molar-refractivity contribution in [1.29, 1.82) is 0 Å². The van der Waals surface area contributed by atoms with Gasteiger partial charge in [0, 0.05) is 11.8 Å². The molecular weight excluding hydrogens is 318 g/mol. The molecule has 22 heavy (non-hydrogen) atoms. The molecule has 1 aliphatic rings. The minimum absolute atomic E-state index is 0.0435. The minimum Gasteiger partial charge on any atom is -0.351 e. The number of carbonyl (C=O) groups is 1. The Bertz CT molecular complexity index is 599. The van der Waals surface area contributed by atoms with E-state index in [0.29, 0.717) is 6.42 Å². The Hall–Kier alpha value is -1.01. The van der Waals surface area contributed by atoms with Crippen LogP contribution in [0.5, 0.6) is 0 Å². The van der Waals surface area contributed by atoms with E-state index in [4.69, 9.17) is 0 Å². The molecule has 1 aromatic carbocycles. The van der Waals surface area contributed by atoms with E-state index < -0.39 is 9.84 Å². The molecule has 0 spiro atoms. The van der Waals surface area contributed by atoms with Gasteiger partial charge in [-0.05, 0) is 17.9 Å². The molecule has 1 saturated heterocycles. The van der Waals surface area contributed by atoms with Crippen LogP contribution in [0.2, 0.25) is 0 Å². The first-order valence-electron chi connectivity index (χ1n) is 7.54. The Labute approximate surface area is 137 Å². The molecule has 0 aromatic heterocycles. The van der Waals surface area contributed by atoms with Crippen LogP contribution >= 0.6 is 11.8 Å². The first-order chi connectivity index (χ1) is 10.4. The molecule has 2 rings (SSSR count). The van der Waals surface area contributed by atoms with Crippen molar-refractivity contribution in [2.45, 2.75) is 37.3 Å². The molecular formula is C16H23NO3S2. The lowest BCUT2D eigenvalue weighted by atomic mass is 10.1. The van der Waals surface area contributed by atoms with Crippen LogP contribution in [-0.2, 0) is 20.4 Å². The molecule has 1 N–H and O–H groups in total. The lowest BCUT2D eigenvalue weighted by molar-refractivity contribution is -0.121. The monoisotopic (exact) mass is 341 g/mol.